The third kappa shape index (κ3) is 11.7. The molecular formula is C47H82. The van der Waals surface area contributed by atoms with E-state index >= 15 is 0 Å². The van der Waals surface area contributed by atoms with Crippen LogP contribution in [0.3, 0.4) is 0 Å². The van der Waals surface area contributed by atoms with Gasteiger partial charge in [-0.25, -0.2) is 0 Å². The summed E-state index contributed by atoms with van der Waals surface area (Å²) in [4.78, 5) is 0. The highest BCUT2D eigenvalue weighted by molar-refractivity contribution is 6.04. The Hall–Kier alpha value is -2.86. The molecule has 1 unspecified atom stereocenters. The van der Waals surface area contributed by atoms with Crippen LogP contribution in [0.5, 0.6) is 0 Å². The minimum Gasteiger partial charge on any atom is -0.0776 e. The standard InChI is InChI=1S/C27H22.3C3H8.4C2H6.3CH4/c1-17-18(2)27(23-14-5-3-11-20(17)23)24-15-6-4-12-21(24)22-13-7-9-19-10-8-16-25(27)26(19)22;3*1-3-2;4*1-2;;;/h3-18H,1-2H3;3*3H2,1-2H3;4*1-2H3;3*1H4/t17-,18+,27?;;;;;;;;;;/m0........../s1. The molecule has 0 saturated heterocycles. The summed E-state index contributed by atoms with van der Waals surface area (Å²) in [7, 11) is 0. The van der Waals surface area contributed by atoms with Crippen molar-refractivity contribution in [2.24, 2.45) is 5.92 Å². The summed E-state index contributed by atoms with van der Waals surface area (Å²) >= 11 is 0. The van der Waals surface area contributed by atoms with Crippen LogP contribution in [0, 0.1) is 5.92 Å². The fourth-order valence-electron chi connectivity index (χ4n) is 6.02. The van der Waals surface area contributed by atoms with Crippen LogP contribution in [0.4, 0.5) is 0 Å². The maximum atomic E-state index is 2.45. The molecule has 47 heavy (non-hydrogen) atoms. The van der Waals surface area contributed by atoms with Crippen LogP contribution in [0.2, 0.25) is 0 Å². The average molecular weight is 647 g/mol. The summed E-state index contributed by atoms with van der Waals surface area (Å²) in [6, 6.07) is 31.9. The highest BCUT2D eigenvalue weighted by atomic mass is 14.5. The lowest BCUT2D eigenvalue weighted by Crippen LogP contribution is -2.36. The number of fused-ring (bicyclic) bond motifs is 6. The lowest BCUT2D eigenvalue weighted by atomic mass is 9.59. The molecule has 3 atom stereocenters. The predicted molar refractivity (Wildman–Crippen MR) is 227 cm³/mol. The maximum absolute atomic E-state index is 2.45. The molecule has 0 saturated carbocycles. The summed E-state index contributed by atoms with van der Waals surface area (Å²) in [6.07, 6.45) is 3.75. The Bertz CT molecular complexity index is 1250. The quantitative estimate of drug-likeness (QED) is 0.178. The molecular weight excluding hydrogens is 565 g/mol. The van der Waals surface area contributed by atoms with Crippen molar-refractivity contribution < 1.29 is 0 Å². The molecule has 2 aliphatic rings. The minimum absolute atomic E-state index is 0. The number of hydrogen-bond donors (Lipinski definition) is 0. The van der Waals surface area contributed by atoms with E-state index in [4.69, 9.17) is 0 Å². The van der Waals surface area contributed by atoms with E-state index in [9.17, 15) is 0 Å². The number of hydrogen-bond acceptors (Lipinski definition) is 0. The largest absolute Gasteiger partial charge is 0.0776 e. The van der Waals surface area contributed by atoms with Gasteiger partial charge in [-0.3, -0.25) is 0 Å². The molecule has 0 bridgehead atoms. The second-order valence-electron chi connectivity index (χ2n) is 10.3. The van der Waals surface area contributed by atoms with Crippen molar-refractivity contribution >= 4 is 10.8 Å². The molecule has 0 amide bonds. The summed E-state index contributed by atoms with van der Waals surface area (Å²) in [5, 5.41) is 2.79. The van der Waals surface area contributed by atoms with Crippen LogP contribution in [-0.4, -0.2) is 0 Å². The molecule has 4 aromatic rings. The predicted octanol–water partition coefficient (Wildman–Crippen LogP) is 17.2. The van der Waals surface area contributed by atoms with Gasteiger partial charge in [0.2, 0.25) is 0 Å². The normalized spacial score (nSPS) is 15.9. The molecule has 4 aromatic carbocycles. The van der Waals surface area contributed by atoms with Gasteiger partial charge in [-0.1, -0.05) is 237 Å². The molecule has 0 N–H and O–H groups in total. The first-order valence-electron chi connectivity index (χ1n) is 18.2. The van der Waals surface area contributed by atoms with Crippen molar-refractivity contribution in [1.82, 2.24) is 0 Å². The lowest BCUT2D eigenvalue weighted by molar-refractivity contribution is 0.396. The van der Waals surface area contributed by atoms with Gasteiger partial charge in [0.05, 0.1) is 0 Å². The van der Waals surface area contributed by atoms with Gasteiger partial charge in [0.15, 0.2) is 0 Å². The van der Waals surface area contributed by atoms with E-state index in [2.05, 4.69) is 140 Å². The molecule has 0 radical (unpaired) electrons. The Morgan fingerprint density at radius 3 is 1.30 bits per heavy atom. The van der Waals surface area contributed by atoms with E-state index in [0.29, 0.717) is 11.8 Å². The van der Waals surface area contributed by atoms with E-state index in [1.165, 1.54) is 63.4 Å². The van der Waals surface area contributed by atoms with Gasteiger partial charge in [-0.05, 0) is 56.0 Å². The van der Waals surface area contributed by atoms with E-state index in [-0.39, 0.29) is 27.7 Å². The number of rotatable bonds is 0. The van der Waals surface area contributed by atoms with Crippen LogP contribution >= 0.6 is 0 Å². The molecule has 0 nitrogen and oxygen atoms in total. The van der Waals surface area contributed by atoms with Gasteiger partial charge in [0, 0.05) is 5.41 Å². The first-order chi connectivity index (χ1) is 21.5. The summed E-state index contributed by atoms with van der Waals surface area (Å²) < 4.78 is 0. The Morgan fingerprint density at radius 1 is 0.447 bits per heavy atom. The zero-order valence-corrected chi connectivity index (χ0v) is 31.9. The molecule has 0 aliphatic heterocycles. The van der Waals surface area contributed by atoms with Crippen LogP contribution in [0.15, 0.2) is 84.9 Å². The SMILES string of the molecule is C.C.C.CC.CC.CC.CC.CCC.CCC.CCC.C[C@@H]1c2ccccc2C2(c3ccccc3-c3cccc4cccc2c34)[C@@H]1C. The molecule has 2 aliphatic carbocycles. The first kappa shape index (κ1) is 53.6. The van der Waals surface area contributed by atoms with E-state index in [1.54, 1.807) is 0 Å². The summed E-state index contributed by atoms with van der Waals surface area (Å²) in [5.74, 6) is 1.05. The third-order valence-electron chi connectivity index (χ3n) is 7.28. The van der Waals surface area contributed by atoms with Gasteiger partial charge in [0.1, 0.15) is 0 Å². The Labute approximate surface area is 297 Å². The van der Waals surface area contributed by atoms with Crippen LogP contribution in [0.25, 0.3) is 21.9 Å². The van der Waals surface area contributed by atoms with Crippen LogP contribution in [0.1, 0.15) is 180 Å². The molecule has 0 heteroatoms. The molecule has 0 fully saturated rings. The van der Waals surface area contributed by atoms with Crippen molar-refractivity contribution in [3.05, 3.63) is 107 Å². The molecule has 0 aromatic heterocycles. The zero-order valence-electron chi connectivity index (χ0n) is 31.9. The van der Waals surface area contributed by atoms with Crippen molar-refractivity contribution in [2.75, 3.05) is 0 Å². The highest BCUT2D eigenvalue weighted by Crippen LogP contribution is 2.62. The second kappa shape index (κ2) is 30.5. The topological polar surface area (TPSA) is 0 Å². The van der Waals surface area contributed by atoms with Gasteiger partial charge >= 0.3 is 0 Å². The number of benzene rings is 4. The second-order valence-corrected chi connectivity index (χ2v) is 10.3. The molecule has 0 heterocycles. The van der Waals surface area contributed by atoms with Crippen LogP contribution < -0.4 is 0 Å². The Morgan fingerprint density at radius 2 is 0.809 bits per heavy atom. The summed E-state index contributed by atoms with van der Waals surface area (Å²) in [5.41, 5.74) is 8.68. The maximum Gasteiger partial charge on any atom is 0.0497 e. The van der Waals surface area contributed by atoms with Crippen molar-refractivity contribution in [2.45, 2.75) is 164 Å². The van der Waals surface area contributed by atoms with Gasteiger partial charge < -0.3 is 0 Å². The molecule has 1 spiro atoms. The van der Waals surface area contributed by atoms with E-state index in [0.717, 1.165) is 0 Å². The molecule has 6 rings (SSSR count). The fourth-order valence-corrected chi connectivity index (χ4v) is 6.02. The van der Waals surface area contributed by atoms with Gasteiger partial charge in [-0.15, -0.1) is 0 Å². The fraction of sp³-hybridized carbons (Fsp3) is 0.532. The Balaban J connectivity index is -0.000000256. The van der Waals surface area contributed by atoms with Crippen molar-refractivity contribution in [3.8, 4) is 11.1 Å². The highest BCUT2D eigenvalue weighted by Gasteiger charge is 2.53. The molecule has 270 valence electrons. The third-order valence-corrected chi connectivity index (χ3v) is 7.28. The average Bonchev–Trinajstić information content (AvgIpc) is 3.31. The van der Waals surface area contributed by atoms with Gasteiger partial charge in [0.25, 0.3) is 0 Å². The smallest absolute Gasteiger partial charge is 0.0497 e. The lowest BCUT2D eigenvalue weighted by Gasteiger charge is -2.43. The first-order valence-corrected chi connectivity index (χ1v) is 18.2. The van der Waals surface area contributed by atoms with Gasteiger partial charge in [-0.2, -0.15) is 0 Å². The summed E-state index contributed by atoms with van der Waals surface area (Å²) in [6.45, 7) is 33.6. The van der Waals surface area contributed by atoms with Crippen LogP contribution in [-0.2, 0) is 5.41 Å². The minimum atomic E-state index is -0.0690. The van der Waals surface area contributed by atoms with E-state index < -0.39 is 0 Å². The van der Waals surface area contributed by atoms with Crippen molar-refractivity contribution in [3.63, 3.8) is 0 Å². The van der Waals surface area contributed by atoms with Crippen molar-refractivity contribution in [1.29, 1.82) is 0 Å². The zero-order chi connectivity index (χ0) is 34.3. The monoisotopic (exact) mass is 647 g/mol. The Kier molecular flexibility index (Phi) is 34.8. The van der Waals surface area contributed by atoms with E-state index in [1.807, 2.05) is 55.4 Å².